The lowest BCUT2D eigenvalue weighted by molar-refractivity contribution is 0.0779. The van der Waals surface area contributed by atoms with Gasteiger partial charge in [-0.05, 0) is 18.1 Å². The number of halogens is 1. The predicted molar refractivity (Wildman–Crippen MR) is 75.5 cm³/mol. The van der Waals surface area contributed by atoms with Crippen LogP contribution in [0.1, 0.15) is 28.5 Å². The van der Waals surface area contributed by atoms with Crippen molar-refractivity contribution in [3.8, 4) is 0 Å². The summed E-state index contributed by atoms with van der Waals surface area (Å²) in [6.07, 6.45) is 0.888. The van der Waals surface area contributed by atoms with Crippen LogP contribution in [-0.2, 0) is 0 Å². The molecule has 1 aromatic carbocycles. The van der Waals surface area contributed by atoms with E-state index in [9.17, 15) is 4.79 Å². The van der Waals surface area contributed by atoms with Crippen LogP contribution in [0.3, 0.4) is 0 Å². The molecule has 2 aromatic rings. The van der Waals surface area contributed by atoms with Gasteiger partial charge in [0.1, 0.15) is 0 Å². The highest BCUT2D eigenvalue weighted by atomic mass is 35.5. The van der Waals surface area contributed by atoms with Gasteiger partial charge in [0.05, 0.1) is 0 Å². The van der Waals surface area contributed by atoms with Crippen molar-refractivity contribution in [2.75, 3.05) is 18.8 Å². The Balaban J connectivity index is 1.74. The van der Waals surface area contributed by atoms with E-state index < -0.39 is 0 Å². The molecule has 20 heavy (non-hydrogen) atoms. The summed E-state index contributed by atoms with van der Waals surface area (Å²) >= 11 is 6.20. The molecule has 1 aromatic heterocycles. The summed E-state index contributed by atoms with van der Waals surface area (Å²) < 4.78 is 0. The van der Waals surface area contributed by atoms with Crippen molar-refractivity contribution in [2.24, 2.45) is 0 Å². The summed E-state index contributed by atoms with van der Waals surface area (Å²) in [4.78, 5) is 17.8. The zero-order valence-corrected chi connectivity index (χ0v) is 11.5. The van der Waals surface area contributed by atoms with Crippen molar-refractivity contribution in [2.45, 2.75) is 12.3 Å². The van der Waals surface area contributed by atoms with Gasteiger partial charge in [0.25, 0.3) is 5.91 Å². The van der Waals surface area contributed by atoms with Crippen LogP contribution < -0.4 is 5.73 Å². The predicted octanol–water partition coefficient (Wildman–Crippen LogP) is 1.67. The first kappa shape index (κ1) is 12.9. The van der Waals surface area contributed by atoms with E-state index >= 15 is 0 Å². The summed E-state index contributed by atoms with van der Waals surface area (Å²) in [5.41, 5.74) is 6.50. The van der Waals surface area contributed by atoms with Gasteiger partial charge in [0.15, 0.2) is 0 Å². The van der Waals surface area contributed by atoms with Crippen LogP contribution in [0.25, 0.3) is 0 Å². The average molecular weight is 292 g/mol. The molecule has 3 rings (SSSR count). The van der Waals surface area contributed by atoms with E-state index in [-0.39, 0.29) is 23.6 Å². The lowest BCUT2D eigenvalue weighted by Crippen LogP contribution is -2.29. The fraction of sp³-hybridized carbons (Fsp3) is 0.308. The van der Waals surface area contributed by atoms with Crippen LogP contribution >= 0.6 is 11.6 Å². The molecular weight excluding hydrogens is 278 g/mol. The number of H-pyrrole nitrogens is 1. The Hall–Kier alpha value is -2.08. The Morgan fingerprint density at radius 3 is 2.95 bits per heavy atom. The number of nitrogens with zero attached hydrogens (tertiary/aromatic N) is 3. The molecule has 104 valence electrons. The highest BCUT2D eigenvalue weighted by molar-refractivity contribution is 6.31. The Bertz CT molecular complexity index is 641. The van der Waals surface area contributed by atoms with Crippen molar-refractivity contribution in [3.05, 3.63) is 40.7 Å². The van der Waals surface area contributed by atoms with E-state index in [1.807, 2.05) is 24.3 Å². The number of aromatic amines is 1. The second-order valence-electron chi connectivity index (χ2n) is 4.80. The Labute approximate surface area is 120 Å². The average Bonchev–Trinajstić information content (AvgIpc) is 3.07. The number of rotatable bonds is 2. The molecule has 1 atom stereocenters. The number of anilines is 1. The first-order chi connectivity index (χ1) is 9.65. The van der Waals surface area contributed by atoms with Gasteiger partial charge in [0, 0.05) is 24.0 Å². The third-order valence-corrected chi connectivity index (χ3v) is 3.87. The largest absolute Gasteiger partial charge is 0.366 e. The fourth-order valence-electron chi connectivity index (χ4n) is 2.52. The molecule has 0 bridgehead atoms. The number of aromatic nitrogens is 3. The molecule has 0 radical (unpaired) electrons. The molecule has 1 aliphatic heterocycles. The van der Waals surface area contributed by atoms with Crippen molar-refractivity contribution >= 4 is 23.5 Å². The quantitative estimate of drug-likeness (QED) is 0.881. The van der Waals surface area contributed by atoms with E-state index in [0.717, 1.165) is 17.0 Å². The van der Waals surface area contributed by atoms with E-state index in [2.05, 4.69) is 15.2 Å². The SMILES string of the molecule is Nc1n[nH]c(C(=O)N2CC[C@H](c3ccccc3Cl)C2)n1. The normalized spacial score (nSPS) is 18.4. The van der Waals surface area contributed by atoms with Gasteiger partial charge in [-0.3, -0.25) is 9.89 Å². The van der Waals surface area contributed by atoms with E-state index in [1.165, 1.54) is 0 Å². The molecule has 7 heteroatoms. The molecule has 0 aliphatic carbocycles. The number of nitrogen functional groups attached to an aromatic ring is 1. The second kappa shape index (κ2) is 5.13. The van der Waals surface area contributed by atoms with Crippen LogP contribution in [-0.4, -0.2) is 39.1 Å². The molecule has 3 N–H and O–H groups in total. The lowest BCUT2D eigenvalue weighted by atomic mass is 9.98. The molecule has 1 saturated heterocycles. The van der Waals surface area contributed by atoms with Gasteiger partial charge in [-0.2, -0.15) is 4.98 Å². The number of carbonyl (C=O) groups excluding carboxylic acids is 1. The molecular formula is C13H14ClN5O. The molecule has 0 unspecified atom stereocenters. The minimum atomic E-state index is -0.177. The van der Waals surface area contributed by atoms with Gasteiger partial charge < -0.3 is 10.6 Å². The van der Waals surface area contributed by atoms with E-state index in [0.29, 0.717) is 13.1 Å². The third-order valence-electron chi connectivity index (χ3n) is 3.53. The number of amides is 1. The van der Waals surface area contributed by atoms with Crippen molar-refractivity contribution < 1.29 is 4.79 Å². The smallest absolute Gasteiger partial charge is 0.291 e. The van der Waals surface area contributed by atoms with Crippen LogP contribution in [0.4, 0.5) is 5.95 Å². The van der Waals surface area contributed by atoms with Crippen molar-refractivity contribution in [1.82, 2.24) is 20.1 Å². The minimum absolute atomic E-state index is 0.0789. The summed E-state index contributed by atoms with van der Waals surface area (Å²) in [6.45, 7) is 1.30. The van der Waals surface area contributed by atoms with Gasteiger partial charge in [-0.25, -0.2) is 0 Å². The van der Waals surface area contributed by atoms with Gasteiger partial charge >= 0.3 is 0 Å². The Morgan fingerprint density at radius 2 is 2.25 bits per heavy atom. The lowest BCUT2D eigenvalue weighted by Gasteiger charge is -2.15. The molecule has 6 nitrogen and oxygen atoms in total. The number of hydrogen-bond donors (Lipinski definition) is 2. The highest BCUT2D eigenvalue weighted by Gasteiger charge is 2.30. The van der Waals surface area contributed by atoms with Crippen LogP contribution in [0.15, 0.2) is 24.3 Å². The number of carbonyl (C=O) groups is 1. The zero-order valence-electron chi connectivity index (χ0n) is 10.7. The monoisotopic (exact) mass is 291 g/mol. The first-order valence-electron chi connectivity index (χ1n) is 6.36. The standard InChI is InChI=1S/C13H14ClN5O/c14-10-4-2-1-3-9(10)8-5-6-19(7-8)12(20)11-16-13(15)18-17-11/h1-4,8H,5-7H2,(H3,15,16,17,18)/t8-/m0/s1. The Kier molecular flexibility index (Phi) is 3.31. The van der Waals surface area contributed by atoms with Crippen molar-refractivity contribution in [1.29, 1.82) is 0 Å². The van der Waals surface area contributed by atoms with Crippen LogP contribution in [0, 0.1) is 0 Å². The molecule has 0 saturated carbocycles. The second-order valence-corrected chi connectivity index (χ2v) is 5.21. The van der Waals surface area contributed by atoms with Crippen LogP contribution in [0.5, 0.6) is 0 Å². The summed E-state index contributed by atoms with van der Waals surface area (Å²) in [6, 6.07) is 7.75. The first-order valence-corrected chi connectivity index (χ1v) is 6.74. The molecule has 1 amide bonds. The number of hydrogen-bond acceptors (Lipinski definition) is 4. The summed E-state index contributed by atoms with van der Waals surface area (Å²) in [7, 11) is 0. The topological polar surface area (TPSA) is 87.9 Å². The number of likely N-dealkylation sites (tertiary alicyclic amines) is 1. The Morgan fingerprint density at radius 1 is 1.45 bits per heavy atom. The summed E-state index contributed by atoms with van der Waals surface area (Å²) in [5, 5.41) is 6.96. The fourth-order valence-corrected chi connectivity index (χ4v) is 2.81. The molecule has 1 aliphatic rings. The van der Waals surface area contributed by atoms with Gasteiger partial charge in [-0.1, -0.05) is 29.8 Å². The maximum absolute atomic E-state index is 12.2. The number of nitrogens with one attached hydrogen (secondary N) is 1. The van der Waals surface area contributed by atoms with E-state index in [1.54, 1.807) is 4.90 Å². The van der Waals surface area contributed by atoms with Crippen molar-refractivity contribution in [3.63, 3.8) is 0 Å². The van der Waals surface area contributed by atoms with Gasteiger partial charge in [0.2, 0.25) is 11.8 Å². The molecule has 0 spiro atoms. The van der Waals surface area contributed by atoms with Gasteiger partial charge in [-0.15, -0.1) is 5.10 Å². The maximum Gasteiger partial charge on any atom is 0.291 e. The third kappa shape index (κ3) is 2.34. The molecule has 2 heterocycles. The highest BCUT2D eigenvalue weighted by Crippen LogP contribution is 2.32. The minimum Gasteiger partial charge on any atom is -0.366 e. The summed E-state index contributed by atoms with van der Waals surface area (Å²) in [5.74, 6) is 0.342. The maximum atomic E-state index is 12.2. The zero-order chi connectivity index (χ0) is 14.1. The number of benzene rings is 1. The van der Waals surface area contributed by atoms with Crippen LogP contribution in [0.2, 0.25) is 5.02 Å². The molecule has 1 fully saturated rings. The number of nitrogens with two attached hydrogens (primary N) is 1. The van der Waals surface area contributed by atoms with E-state index in [4.69, 9.17) is 17.3 Å².